The normalized spacial score (nSPS) is 11.6. The predicted molar refractivity (Wildman–Crippen MR) is 105 cm³/mol. The molecule has 0 saturated carbocycles. The summed E-state index contributed by atoms with van der Waals surface area (Å²) in [5, 5.41) is 11.6. The summed E-state index contributed by atoms with van der Waals surface area (Å²) in [6.45, 7) is 0.856. The minimum Gasteiger partial charge on any atom is -0.468 e. The quantitative estimate of drug-likeness (QED) is 0.559. The lowest BCUT2D eigenvalue weighted by atomic mass is 10.2. The van der Waals surface area contributed by atoms with Crippen molar-refractivity contribution in [3.05, 3.63) is 41.0 Å². The molecule has 3 aromatic heterocycles. The van der Waals surface area contributed by atoms with Crippen molar-refractivity contribution >= 4 is 17.2 Å². The monoisotopic (exact) mass is 440 g/mol. The molecular weight excluding hydrogens is 421 g/mol. The van der Waals surface area contributed by atoms with Crippen molar-refractivity contribution < 1.29 is 27.8 Å². The van der Waals surface area contributed by atoms with Crippen LogP contribution in [0.15, 0.2) is 29.8 Å². The highest BCUT2D eigenvalue weighted by atomic mass is 32.1. The van der Waals surface area contributed by atoms with E-state index in [-0.39, 0.29) is 12.5 Å². The number of amides is 1. The van der Waals surface area contributed by atoms with Gasteiger partial charge in [-0.15, -0.1) is 11.3 Å². The number of hydrogen-bond donors (Lipinski definition) is 2. The molecule has 11 heteroatoms. The molecule has 0 aliphatic heterocycles. The lowest BCUT2D eigenvalue weighted by Crippen LogP contribution is -2.19. The second-order valence-corrected chi connectivity index (χ2v) is 7.31. The minimum absolute atomic E-state index is 0.000290. The van der Waals surface area contributed by atoms with Gasteiger partial charge in [0.1, 0.15) is 5.01 Å². The van der Waals surface area contributed by atoms with E-state index in [0.29, 0.717) is 46.2 Å². The first-order chi connectivity index (χ1) is 14.2. The number of ether oxygens (including phenoxy) is 1. The summed E-state index contributed by atoms with van der Waals surface area (Å²) in [5.74, 6) is -0.682. The van der Waals surface area contributed by atoms with Crippen LogP contribution in [0.5, 0.6) is 5.88 Å². The van der Waals surface area contributed by atoms with Crippen molar-refractivity contribution in [2.75, 3.05) is 13.2 Å². The Labute approximate surface area is 174 Å². The van der Waals surface area contributed by atoms with Gasteiger partial charge in [-0.1, -0.05) is 0 Å². The zero-order chi connectivity index (χ0) is 21.9. The molecule has 3 heterocycles. The highest BCUT2D eigenvalue weighted by Gasteiger charge is 2.28. The lowest BCUT2D eigenvalue weighted by Gasteiger charge is -2.09. The number of carbonyl (C=O) groups excluding carboxylic acids is 1. The molecule has 0 radical (unpaired) electrons. The molecule has 7 nitrogen and oxygen atoms in total. The summed E-state index contributed by atoms with van der Waals surface area (Å²) in [5.41, 5.74) is 8.44. The number of alkyl halides is 3. The SMILES string of the molecule is Cc1c(C(N)=O)cc(-c2csc(-c3ccc(OCC(F)(F)F)nc3)n2)n1CCCO. The number of hydrogen-bond acceptors (Lipinski definition) is 6. The Morgan fingerprint density at radius 3 is 2.73 bits per heavy atom. The number of aliphatic hydroxyl groups is 1. The first-order valence-corrected chi connectivity index (χ1v) is 9.80. The highest BCUT2D eigenvalue weighted by Crippen LogP contribution is 2.32. The van der Waals surface area contributed by atoms with E-state index in [0.717, 1.165) is 0 Å². The van der Waals surface area contributed by atoms with Crippen LogP contribution in [0.25, 0.3) is 22.0 Å². The highest BCUT2D eigenvalue weighted by molar-refractivity contribution is 7.13. The molecule has 0 unspecified atom stereocenters. The van der Waals surface area contributed by atoms with Crippen molar-refractivity contribution in [2.24, 2.45) is 5.73 Å². The van der Waals surface area contributed by atoms with Crippen LogP contribution < -0.4 is 10.5 Å². The number of carbonyl (C=O) groups is 1. The zero-order valence-corrected chi connectivity index (χ0v) is 16.8. The average Bonchev–Trinajstić information content (AvgIpc) is 3.29. The maximum atomic E-state index is 12.2. The van der Waals surface area contributed by atoms with Gasteiger partial charge in [-0.05, 0) is 25.5 Å². The molecule has 0 fully saturated rings. The van der Waals surface area contributed by atoms with Gasteiger partial charge in [-0.3, -0.25) is 4.79 Å². The molecule has 0 bridgehead atoms. The van der Waals surface area contributed by atoms with E-state index in [1.807, 2.05) is 4.57 Å². The molecule has 0 saturated heterocycles. The Morgan fingerprint density at radius 2 is 2.13 bits per heavy atom. The van der Waals surface area contributed by atoms with Crippen LogP contribution in [0.4, 0.5) is 13.2 Å². The van der Waals surface area contributed by atoms with Gasteiger partial charge in [0.25, 0.3) is 5.91 Å². The van der Waals surface area contributed by atoms with Gasteiger partial charge in [0, 0.05) is 42.1 Å². The molecule has 160 valence electrons. The molecule has 0 atom stereocenters. The third-order valence-corrected chi connectivity index (χ3v) is 5.20. The van der Waals surface area contributed by atoms with E-state index in [9.17, 15) is 18.0 Å². The number of nitrogens with two attached hydrogens (primary N) is 1. The molecule has 3 aromatic rings. The van der Waals surface area contributed by atoms with Crippen LogP contribution in [0.2, 0.25) is 0 Å². The van der Waals surface area contributed by atoms with Crippen LogP contribution in [0, 0.1) is 6.92 Å². The second-order valence-electron chi connectivity index (χ2n) is 6.45. The van der Waals surface area contributed by atoms with Gasteiger partial charge in [0.2, 0.25) is 5.88 Å². The molecule has 0 aliphatic rings. The van der Waals surface area contributed by atoms with Gasteiger partial charge < -0.3 is 20.1 Å². The summed E-state index contributed by atoms with van der Waals surface area (Å²) in [7, 11) is 0. The van der Waals surface area contributed by atoms with E-state index in [1.165, 1.54) is 23.6 Å². The van der Waals surface area contributed by atoms with Crippen molar-refractivity contribution in [1.29, 1.82) is 0 Å². The average molecular weight is 440 g/mol. The number of thiazole rings is 1. The zero-order valence-electron chi connectivity index (χ0n) is 15.9. The molecule has 0 aliphatic carbocycles. The summed E-state index contributed by atoms with van der Waals surface area (Å²) in [6, 6.07) is 4.59. The topological polar surface area (TPSA) is 103 Å². The number of primary amides is 1. The fraction of sp³-hybridized carbons (Fsp3) is 0.316. The minimum atomic E-state index is -4.43. The van der Waals surface area contributed by atoms with Crippen LogP contribution >= 0.6 is 11.3 Å². The molecule has 0 spiro atoms. The van der Waals surface area contributed by atoms with E-state index in [4.69, 9.17) is 10.8 Å². The number of nitrogens with zero attached hydrogens (tertiary/aromatic N) is 3. The first-order valence-electron chi connectivity index (χ1n) is 8.92. The van der Waals surface area contributed by atoms with Gasteiger partial charge in [0.05, 0.1) is 17.0 Å². The number of pyridine rings is 1. The van der Waals surface area contributed by atoms with Gasteiger partial charge in [-0.25, -0.2) is 9.97 Å². The Hall–Kier alpha value is -2.92. The van der Waals surface area contributed by atoms with E-state index < -0.39 is 18.7 Å². The molecule has 1 amide bonds. The van der Waals surface area contributed by atoms with E-state index in [2.05, 4.69) is 14.7 Å². The predicted octanol–water partition coefficient (Wildman–Crippen LogP) is 3.40. The van der Waals surface area contributed by atoms with Crippen LogP contribution in [0.1, 0.15) is 22.5 Å². The molecule has 3 N–H and O–H groups in total. The van der Waals surface area contributed by atoms with Crippen molar-refractivity contribution in [2.45, 2.75) is 26.1 Å². The maximum Gasteiger partial charge on any atom is 0.422 e. The number of aliphatic hydroxyl groups excluding tert-OH is 1. The fourth-order valence-electron chi connectivity index (χ4n) is 2.90. The van der Waals surface area contributed by atoms with Crippen LogP contribution in [0.3, 0.4) is 0 Å². The Balaban J connectivity index is 1.86. The van der Waals surface area contributed by atoms with E-state index >= 15 is 0 Å². The van der Waals surface area contributed by atoms with Crippen molar-refractivity contribution in [3.8, 4) is 27.8 Å². The van der Waals surface area contributed by atoms with Crippen molar-refractivity contribution in [1.82, 2.24) is 14.5 Å². The summed E-state index contributed by atoms with van der Waals surface area (Å²) < 4.78 is 43.2. The molecule has 0 aromatic carbocycles. The number of rotatable bonds is 8. The number of halogens is 3. The molecular formula is C19H19F3N4O3S. The smallest absolute Gasteiger partial charge is 0.422 e. The van der Waals surface area contributed by atoms with Gasteiger partial charge in [0.15, 0.2) is 6.61 Å². The summed E-state index contributed by atoms with van der Waals surface area (Å²) in [6.07, 6.45) is -2.54. The Bertz CT molecular complexity index is 1030. The molecule has 3 rings (SSSR count). The van der Waals surface area contributed by atoms with Gasteiger partial charge in [-0.2, -0.15) is 13.2 Å². The van der Waals surface area contributed by atoms with Gasteiger partial charge >= 0.3 is 6.18 Å². The second kappa shape index (κ2) is 8.84. The number of aromatic nitrogens is 3. The third kappa shape index (κ3) is 4.97. The van der Waals surface area contributed by atoms with Crippen molar-refractivity contribution in [3.63, 3.8) is 0 Å². The lowest BCUT2D eigenvalue weighted by molar-refractivity contribution is -0.154. The largest absolute Gasteiger partial charge is 0.468 e. The summed E-state index contributed by atoms with van der Waals surface area (Å²) in [4.78, 5) is 20.2. The fourth-order valence-corrected chi connectivity index (χ4v) is 3.70. The van der Waals surface area contributed by atoms with Crippen LogP contribution in [-0.2, 0) is 6.54 Å². The standard InChI is InChI=1S/C19H19F3N4O3S/c1-11-13(17(23)28)7-15(26(11)5-2-6-27)14-9-30-18(25-14)12-3-4-16(24-8-12)29-10-19(20,21)22/h3-4,7-9,27H,2,5-6,10H2,1H3,(H2,23,28). The Morgan fingerprint density at radius 1 is 1.37 bits per heavy atom. The van der Waals surface area contributed by atoms with Crippen LogP contribution in [-0.4, -0.2) is 44.9 Å². The Kier molecular flexibility index (Phi) is 6.42. The summed E-state index contributed by atoms with van der Waals surface area (Å²) >= 11 is 1.33. The molecule has 30 heavy (non-hydrogen) atoms. The third-order valence-electron chi connectivity index (χ3n) is 4.31. The first kappa shape index (κ1) is 21.8. The maximum absolute atomic E-state index is 12.2. The van der Waals surface area contributed by atoms with E-state index in [1.54, 1.807) is 24.4 Å².